The van der Waals surface area contributed by atoms with E-state index in [0.717, 1.165) is 16.4 Å². The lowest BCUT2D eigenvalue weighted by molar-refractivity contribution is 0.414. The van der Waals surface area contributed by atoms with Crippen LogP contribution in [0, 0.1) is 6.92 Å². The van der Waals surface area contributed by atoms with Crippen LogP contribution in [0.15, 0.2) is 77.7 Å². The molecule has 23 heavy (non-hydrogen) atoms. The Labute approximate surface area is 141 Å². The van der Waals surface area contributed by atoms with Gasteiger partial charge in [0.25, 0.3) is 0 Å². The first kappa shape index (κ1) is 15.5. The van der Waals surface area contributed by atoms with Gasteiger partial charge in [-0.1, -0.05) is 42.0 Å². The van der Waals surface area contributed by atoms with E-state index in [1.165, 1.54) is 28.7 Å². The first-order chi connectivity index (χ1) is 11.2. The third-order valence-corrected chi connectivity index (χ3v) is 4.27. The van der Waals surface area contributed by atoms with Crippen LogP contribution in [-0.4, -0.2) is 7.11 Å². The minimum absolute atomic E-state index is 0.804. The summed E-state index contributed by atoms with van der Waals surface area (Å²) in [6, 6.07) is 24.5. The summed E-state index contributed by atoms with van der Waals surface area (Å²) in [5.74, 6) is 1.63. The van der Waals surface area contributed by atoms with E-state index in [-0.39, 0.29) is 0 Å². The number of ether oxygens (including phenoxy) is 1. The molecule has 2 nitrogen and oxygen atoms in total. The van der Waals surface area contributed by atoms with Crippen molar-refractivity contribution in [3.63, 3.8) is 0 Å². The number of benzene rings is 3. The standard InChI is InChI=1S/C20H18O2S/c1-15-3-5-16(6-4-15)17-7-13-20(14-8-17)23-22-19-11-9-18(21-2)10-12-19/h3-14H,1-2H3. The van der Waals surface area contributed by atoms with Gasteiger partial charge in [-0.05, 0) is 54.4 Å². The molecule has 0 aromatic heterocycles. The predicted octanol–water partition coefficient (Wildman–Crippen LogP) is 5.76. The van der Waals surface area contributed by atoms with E-state index in [1.54, 1.807) is 7.11 Å². The van der Waals surface area contributed by atoms with Crippen molar-refractivity contribution < 1.29 is 8.92 Å². The van der Waals surface area contributed by atoms with Gasteiger partial charge in [0.15, 0.2) is 0 Å². The predicted molar refractivity (Wildman–Crippen MR) is 96.1 cm³/mol. The van der Waals surface area contributed by atoms with Gasteiger partial charge in [0.2, 0.25) is 0 Å². The van der Waals surface area contributed by atoms with Crippen molar-refractivity contribution in [3.8, 4) is 22.6 Å². The largest absolute Gasteiger partial charge is 0.497 e. The fourth-order valence-corrected chi connectivity index (χ4v) is 2.73. The Hall–Kier alpha value is -2.39. The van der Waals surface area contributed by atoms with Crippen molar-refractivity contribution >= 4 is 12.0 Å². The third kappa shape index (κ3) is 4.08. The van der Waals surface area contributed by atoms with Crippen LogP contribution in [0.4, 0.5) is 0 Å². The molecule has 0 amide bonds. The van der Waals surface area contributed by atoms with Gasteiger partial charge in [0.1, 0.15) is 11.5 Å². The lowest BCUT2D eigenvalue weighted by Gasteiger charge is -2.06. The lowest BCUT2D eigenvalue weighted by atomic mass is 10.0. The molecule has 0 aliphatic carbocycles. The number of hydrogen-bond donors (Lipinski definition) is 0. The van der Waals surface area contributed by atoms with Crippen LogP contribution in [0.5, 0.6) is 11.5 Å². The van der Waals surface area contributed by atoms with Crippen molar-refractivity contribution in [3.05, 3.63) is 78.4 Å². The zero-order valence-corrected chi connectivity index (χ0v) is 14.0. The minimum Gasteiger partial charge on any atom is -0.497 e. The lowest BCUT2D eigenvalue weighted by Crippen LogP contribution is -1.85. The highest BCUT2D eigenvalue weighted by Crippen LogP contribution is 2.27. The highest BCUT2D eigenvalue weighted by molar-refractivity contribution is 7.95. The molecule has 0 heterocycles. The fourth-order valence-electron chi connectivity index (χ4n) is 2.18. The molecular formula is C20H18O2S. The van der Waals surface area contributed by atoms with E-state index in [0.29, 0.717) is 0 Å². The molecule has 0 saturated carbocycles. The van der Waals surface area contributed by atoms with Gasteiger partial charge in [0, 0.05) is 4.90 Å². The van der Waals surface area contributed by atoms with Gasteiger partial charge < -0.3 is 8.92 Å². The summed E-state index contributed by atoms with van der Waals surface area (Å²) in [6.07, 6.45) is 0. The zero-order chi connectivity index (χ0) is 16.1. The second-order valence-corrected chi connectivity index (χ2v) is 6.04. The van der Waals surface area contributed by atoms with E-state index < -0.39 is 0 Å². The summed E-state index contributed by atoms with van der Waals surface area (Å²) in [4.78, 5) is 1.07. The van der Waals surface area contributed by atoms with Crippen LogP contribution in [0.3, 0.4) is 0 Å². The summed E-state index contributed by atoms with van der Waals surface area (Å²) >= 11 is 1.35. The van der Waals surface area contributed by atoms with Crippen LogP contribution in [0.1, 0.15) is 5.56 Å². The maximum atomic E-state index is 5.71. The number of aryl methyl sites for hydroxylation is 1. The number of methoxy groups -OCH3 is 1. The van der Waals surface area contributed by atoms with Gasteiger partial charge in [0.05, 0.1) is 19.2 Å². The topological polar surface area (TPSA) is 18.5 Å². The van der Waals surface area contributed by atoms with Crippen LogP contribution >= 0.6 is 12.0 Å². The summed E-state index contributed by atoms with van der Waals surface area (Å²) in [7, 11) is 1.65. The highest BCUT2D eigenvalue weighted by Gasteiger charge is 2.01. The van der Waals surface area contributed by atoms with Crippen LogP contribution in [0.2, 0.25) is 0 Å². The molecule has 0 unspecified atom stereocenters. The molecular weight excluding hydrogens is 304 g/mol. The molecule has 0 aliphatic heterocycles. The Morgan fingerprint density at radius 1 is 0.652 bits per heavy atom. The fraction of sp³-hybridized carbons (Fsp3) is 0.100. The molecule has 0 radical (unpaired) electrons. The SMILES string of the molecule is COc1ccc(OSc2ccc(-c3ccc(C)cc3)cc2)cc1. The molecule has 3 aromatic carbocycles. The third-order valence-electron chi connectivity index (χ3n) is 3.53. The second kappa shape index (κ2) is 7.25. The van der Waals surface area contributed by atoms with E-state index in [4.69, 9.17) is 8.92 Å². The van der Waals surface area contributed by atoms with E-state index in [9.17, 15) is 0 Å². The van der Waals surface area contributed by atoms with E-state index in [1.807, 2.05) is 24.3 Å². The molecule has 0 bridgehead atoms. The van der Waals surface area contributed by atoms with Crippen LogP contribution < -0.4 is 8.92 Å². The molecule has 3 rings (SSSR count). The van der Waals surface area contributed by atoms with E-state index >= 15 is 0 Å². The van der Waals surface area contributed by atoms with Crippen molar-refractivity contribution in [1.29, 1.82) is 0 Å². The van der Waals surface area contributed by atoms with Crippen LogP contribution in [-0.2, 0) is 0 Å². The normalized spacial score (nSPS) is 10.3. The van der Waals surface area contributed by atoms with Gasteiger partial charge >= 0.3 is 0 Å². The molecule has 3 heteroatoms. The Morgan fingerprint density at radius 2 is 1.17 bits per heavy atom. The Kier molecular flexibility index (Phi) is 4.89. The minimum atomic E-state index is 0.804. The molecule has 0 N–H and O–H groups in total. The van der Waals surface area contributed by atoms with Crippen molar-refractivity contribution in [2.24, 2.45) is 0 Å². The first-order valence-corrected chi connectivity index (χ1v) is 8.14. The molecule has 3 aromatic rings. The van der Waals surface area contributed by atoms with Gasteiger partial charge in [-0.15, -0.1) is 0 Å². The van der Waals surface area contributed by atoms with Gasteiger partial charge in [-0.2, -0.15) is 0 Å². The van der Waals surface area contributed by atoms with Crippen molar-refractivity contribution in [1.82, 2.24) is 0 Å². The maximum absolute atomic E-state index is 5.71. The molecule has 0 saturated heterocycles. The summed E-state index contributed by atoms with van der Waals surface area (Å²) in [5.41, 5.74) is 3.70. The van der Waals surface area contributed by atoms with Gasteiger partial charge in [-0.25, -0.2) is 0 Å². The average Bonchev–Trinajstić information content (AvgIpc) is 2.61. The molecule has 0 atom stereocenters. The van der Waals surface area contributed by atoms with Crippen molar-refractivity contribution in [2.45, 2.75) is 11.8 Å². The first-order valence-electron chi connectivity index (χ1n) is 7.40. The molecule has 0 aliphatic rings. The molecule has 116 valence electrons. The average molecular weight is 322 g/mol. The molecule has 0 spiro atoms. The Bertz CT molecular complexity index is 747. The quantitative estimate of drug-likeness (QED) is 0.557. The zero-order valence-electron chi connectivity index (χ0n) is 13.2. The maximum Gasteiger partial charge on any atom is 0.138 e. The Morgan fingerprint density at radius 3 is 1.74 bits per heavy atom. The monoisotopic (exact) mass is 322 g/mol. The summed E-state index contributed by atoms with van der Waals surface area (Å²) in [5, 5.41) is 0. The highest BCUT2D eigenvalue weighted by atomic mass is 32.2. The van der Waals surface area contributed by atoms with E-state index in [2.05, 4.69) is 55.5 Å². The summed E-state index contributed by atoms with van der Waals surface area (Å²) < 4.78 is 10.8. The van der Waals surface area contributed by atoms with Crippen LogP contribution in [0.25, 0.3) is 11.1 Å². The molecule has 0 fully saturated rings. The number of hydrogen-bond acceptors (Lipinski definition) is 3. The smallest absolute Gasteiger partial charge is 0.138 e. The Balaban J connectivity index is 1.64. The second-order valence-electron chi connectivity index (χ2n) is 5.23. The van der Waals surface area contributed by atoms with Gasteiger partial charge in [-0.3, -0.25) is 0 Å². The van der Waals surface area contributed by atoms with Crippen molar-refractivity contribution in [2.75, 3.05) is 7.11 Å². The summed E-state index contributed by atoms with van der Waals surface area (Å²) in [6.45, 7) is 2.10. The number of rotatable bonds is 5.